The van der Waals surface area contributed by atoms with E-state index in [1.165, 1.54) is 18.2 Å². The molecule has 3 aromatic rings. The zero-order chi connectivity index (χ0) is 19.2. The van der Waals surface area contributed by atoms with Crippen molar-refractivity contribution in [3.63, 3.8) is 0 Å². The van der Waals surface area contributed by atoms with Crippen molar-refractivity contribution in [2.24, 2.45) is 0 Å². The maximum absolute atomic E-state index is 12.2. The maximum Gasteiger partial charge on any atom is 0.338 e. The third-order valence-electron chi connectivity index (χ3n) is 3.88. The number of carbonyl (C=O) groups excluding carboxylic acids is 1. The highest BCUT2D eigenvalue weighted by Gasteiger charge is 2.14. The number of ether oxygens (including phenoxy) is 2. The van der Waals surface area contributed by atoms with Crippen molar-refractivity contribution in [2.45, 2.75) is 13.5 Å². The number of benzene rings is 3. The van der Waals surface area contributed by atoms with Gasteiger partial charge in [0.1, 0.15) is 18.1 Å². The molecular formula is C21H17NO5. The maximum atomic E-state index is 12.2. The lowest BCUT2D eigenvalue weighted by Crippen LogP contribution is -2.06. The molecule has 0 aliphatic heterocycles. The molecule has 0 amide bonds. The van der Waals surface area contributed by atoms with E-state index in [4.69, 9.17) is 9.47 Å². The van der Waals surface area contributed by atoms with Crippen LogP contribution in [-0.2, 0) is 11.3 Å². The van der Waals surface area contributed by atoms with Crippen LogP contribution in [0.3, 0.4) is 0 Å². The Morgan fingerprint density at radius 2 is 1.70 bits per heavy atom. The highest BCUT2D eigenvalue weighted by molar-refractivity contribution is 5.90. The zero-order valence-corrected chi connectivity index (χ0v) is 14.6. The van der Waals surface area contributed by atoms with Crippen LogP contribution in [0.25, 0.3) is 0 Å². The Kier molecular flexibility index (Phi) is 5.47. The Labute approximate surface area is 156 Å². The molecule has 0 heterocycles. The first-order chi connectivity index (χ1) is 13.0. The molecule has 3 rings (SSSR count). The first kappa shape index (κ1) is 18.1. The molecule has 6 heteroatoms. The van der Waals surface area contributed by atoms with Gasteiger partial charge in [-0.05, 0) is 48.9 Å². The molecule has 0 atom stereocenters. The third kappa shape index (κ3) is 4.70. The van der Waals surface area contributed by atoms with Crippen molar-refractivity contribution in [3.05, 3.63) is 99.6 Å². The summed E-state index contributed by atoms with van der Waals surface area (Å²) >= 11 is 0. The lowest BCUT2D eigenvalue weighted by Gasteiger charge is -2.09. The van der Waals surface area contributed by atoms with Crippen LogP contribution in [0.1, 0.15) is 21.5 Å². The number of nitrogens with zero attached hydrogens (tertiary/aromatic N) is 1. The van der Waals surface area contributed by atoms with Gasteiger partial charge in [0.15, 0.2) is 0 Å². The molecule has 0 N–H and O–H groups in total. The van der Waals surface area contributed by atoms with Gasteiger partial charge in [-0.1, -0.05) is 30.3 Å². The Morgan fingerprint density at radius 3 is 2.41 bits per heavy atom. The minimum Gasteiger partial charge on any atom is -0.457 e. The molecule has 0 aliphatic carbocycles. The second kappa shape index (κ2) is 8.14. The first-order valence-corrected chi connectivity index (χ1v) is 8.27. The summed E-state index contributed by atoms with van der Waals surface area (Å²) in [6, 6.07) is 20.8. The van der Waals surface area contributed by atoms with Gasteiger partial charge in [0.25, 0.3) is 5.69 Å². The number of hydrogen-bond acceptors (Lipinski definition) is 5. The summed E-state index contributed by atoms with van der Waals surface area (Å²) in [6.45, 7) is 1.65. The van der Waals surface area contributed by atoms with Crippen LogP contribution in [0.15, 0.2) is 72.8 Å². The average Bonchev–Trinajstić information content (AvgIpc) is 2.67. The number of esters is 1. The average molecular weight is 363 g/mol. The van der Waals surface area contributed by atoms with Gasteiger partial charge < -0.3 is 9.47 Å². The van der Waals surface area contributed by atoms with Crippen LogP contribution in [0.5, 0.6) is 11.5 Å². The fourth-order valence-electron chi connectivity index (χ4n) is 2.54. The molecule has 0 spiro atoms. The Balaban J connectivity index is 1.64. The molecule has 0 aliphatic rings. The number of aryl methyl sites for hydroxylation is 1. The second-order valence-electron chi connectivity index (χ2n) is 5.90. The molecule has 3 aromatic carbocycles. The molecule has 0 saturated heterocycles. The normalized spacial score (nSPS) is 10.3. The van der Waals surface area contributed by atoms with Crippen molar-refractivity contribution >= 4 is 11.7 Å². The smallest absolute Gasteiger partial charge is 0.338 e. The number of carbonyl (C=O) groups is 1. The molecule has 0 aromatic heterocycles. The van der Waals surface area contributed by atoms with Crippen LogP contribution in [0.4, 0.5) is 5.69 Å². The molecule has 27 heavy (non-hydrogen) atoms. The van der Waals surface area contributed by atoms with E-state index in [0.717, 1.165) is 5.56 Å². The largest absolute Gasteiger partial charge is 0.457 e. The van der Waals surface area contributed by atoms with Gasteiger partial charge in [0.2, 0.25) is 0 Å². The van der Waals surface area contributed by atoms with E-state index in [-0.39, 0.29) is 17.9 Å². The van der Waals surface area contributed by atoms with Crippen molar-refractivity contribution in [2.75, 3.05) is 0 Å². The first-order valence-electron chi connectivity index (χ1n) is 8.27. The predicted octanol–water partition coefficient (Wildman–Crippen LogP) is 5.05. The number of hydrogen-bond donors (Lipinski definition) is 0. The van der Waals surface area contributed by atoms with Gasteiger partial charge in [-0.2, -0.15) is 0 Å². The van der Waals surface area contributed by atoms with Crippen LogP contribution in [0, 0.1) is 17.0 Å². The molecule has 0 bridgehead atoms. The van der Waals surface area contributed by atoms with Gasteiger partial charge in [-0.3, -0.25) is 10.1 Å². The molecule has 0 unspecified atom stereocenters. The minimum atomic E-state index is -0.539. The molecule has 136 valence electrons. The number of nitro benzene ring substituents is 1. The van der Waals surface area contributed by atoms with E-state index in [2.05, 4.69) is 0 Å². The van der Waals surface area contributed by atoms with Gasteiger partial charge >= 0.3 is 5.97 Å². The van der Waals surface area contributed by atoms with E-state index in [0.29, 0.717) is 17.1 Å². The highest BCUT2D eigenvalue weighted by atomic mass is 16.6. The van der Waals surface area contributed by atoms with Crippen LogP contribution in [-0.4, -0.2) is 10.9 Å². The minimum absolute atomic E-state index is 0.0303. The zero-order valence-electron chi connectivity index (χ0n) is 14.6. The summed E-state index contributed by atoms with van der Waals surface area (Å²) in [5.74, 6) is 0.816. The van der Waals surface area contributed by atoms with Crippen molar-refractivity contribution < 1.29 is 19.2 Å². The standard InChI is InChI=1S/C21H17NO5/c1-15-12-17(10-11-20(15)22(24)25)21(23)26-14-16-6-5-9-19(13-16)27-18-7-3-2-4-8-18/h2-13H,14H2,1H3. The van der Waals surface area contributed by atoms with E-state index < -0.39 is 10.9 Å². The van der Waals surface area contributed by atoms with Crippen molar-refractivity contribution in [3.8, 4) is 11.5 Å². The Hall–Kier alpha value is -3.67. The van der Waals surface area contributed by atoms with Gasteiger partial charge in [0, 0.05) is 11.6 Å². The summed E-state index contributed by atoms with van der Waals surface area (Å²) in [5, 5.41) is 10.9. The quantitative estimate of drug-likeness (QED) is 0.348. The third-order valence-corrected chi connectivity index (χ3v) is 3.88. The van der Waals surface area contributed by atoms with Gasteiger partial charge in [0.05, 0.1) is 10.5 Å². The monoisotopic (exact) mass is 363 g/mol. The van der Waals surface area contributed by atoms with Gasteiger partial charge in [-0.25, -0.2) is 4.79 Å². The van der Waals surface area contributed by atoms with Crippen molar-refractivity contribution in [1.29, 1.82) is 0 Å². The molecule has 0 fully saturated rings. The summed E-state index contributed by atoms with van der Waals surface area (Å²) in [4.78, 5) is 22.6. The summed E-state index contributed by atoms with van der Waals surface area (Å²) in [5.41, 5.74) is 1.43. The molecule has 0 radical (unpaired) electrons. The van der Waals surface area contributed by atoms with Crippen LogP contribution in [0.2, 0.25) is 0 Å². The van der Waals surface area contributed by atoms with Crippen LogP contribution >= 0.6 is 0 Å². The number of para-hydroxylation sites is 1. The summed E-state index contributed by atoms with van der Waals surface area (Å²) < 4.78 is 11.1. The molecule has 6 nitrogen and oxygen atoms in total. The number of nitro groups is 1. The molecular weight excluding hydrogens is 346 g/mol. The van der Waals surface area contributed by atoms with E-state index in [1.807, 2.05) is 48.5 Å². The van der Waals surface area contributed by atoms with Crippen molar-refractivity contribution in [1.82, 2.24) is 0 Å². The number of rotatable bonds is 6. The lowest BCUT2D eigenvalue weighted by molar-refractivity contribution is -0.385. The topological polar surface area (TPSA) is 78.7 Å². The fourth-order valence-corrected chi connectivity index (χ4v) is 2.54. The van der Waals surface area contributed by atoms with Gasteiger partial charge in [-0.15, -0.1) is 0 Å². The Morgan fingerprint density at radius 1 is 0.963 bits per heavy atom. The SMILES string of the molecule is Cc1cc(C(=O)OCc2cccc(Oc3ccccc3)c2)ccc1[N+](=O)[O-]. The van der Waals surface area contributed by atoms with E-state index in [1.54, 1.807) is 13.0 Å². The summed E-state index contributed by atoms with van der Waals surface area (Å²) in [7, 11) is 0. The van der Waals surface area contributed by atoms with Crippen LogP contribution < -0.4 is 4.74 Å². The second-order valence-corrected chi connectivity index (χ2v) is 5.90. The van der Waals surface area contributed by atoms with E-state index in [9.17, 15) is 14.9 Å². The predicted molar refractivity (Wildman–Crippen MR) is 99.9 cm³/mol. The van der Waals surface area contributed by atoms with E-state index >= 15 is 0 Å². The lowest BCUT2D eigenvalue weighted by atomic mass is 10.1. The fraction of sp³-hybridized carbons (Fsp3) is 0.0952. The highest BCUT2D eigenvalue weighted by Crippen LogP contribution is 2.23. The Bertz CT molecular complexity index is 969. The summed E-state index contributed by atoms with van der Waals surface area (Å²) in [6.07, 6.45) is 0. The molecule has 0 saturated carbocycles.